The molecule has 4 aromatic carbocycles. The average molecular weight is 454 g/mol. The van der Waals surface area contributed by atoms with Crippen molar-refractivity contribution in [2.45, 2.75) is 11.8 Å². The van der Waals surface area contributed by atoms with Gasteiger partial charge in [-0.1, -0.05) is 60.7 Å². The maximum Gasteiger partial charge on any atom is 0.315 e. The Balaban J connectivity index is 1.56. The summed E-state index contributed by atoms with van der Waals surface area (Å²) in [4.78, 5) is 25.9. The summed E-state index contributed by atoms with van der Waals surface area (Å²) < 4.78 is 5.88. The molecule has 0 bridgehead atoms. The van der Waals surface area contributed by atoms with E-state index in [1.165, 1.54) is 24.3 Å². The van der Waals surface area contributed by atoms with Crippen molar-refractivity contribution in [3.05, 3.63) is 102 Å². The number of ether oxygens (including phenoxy) is 1. The molecular formula is C28H22O6. The lowest BCUT2D eigenvalue weighted by Gasteiger charge is -2.49. The maximum atomic E-state index is 13.6. The van der Waals surface area contributed by atoms with Gasteiger partial charge in [-0.2, -0.15) is 0 Å². The second-order valence-electron chi connectivity index (χ2n) is 8.52. The molecule has 6 nitrogen and oxygen atoms in total. The third-order valence-electron chi connectivity index (χ3n) is 6.62. The molecule has 1 aliphatic rings. The molecule has 170 valence electrons. The number of benzene rings is 4. The molecular weight excluding hydrogens is 432 g/mol. The van der Waals surface area contributed by atoms with E-state index in [2.05, 4.69) is 0 Å². The van der Waals surface area contributed by atoms with E-state index in [-0.39, 0.29) is 11.5 Å². The minimum absolute atomic E-state index is 0.0555. The van der Waals surface area contributed by atoms with E-state index >= 15 is 0 Å². The molecule has 0 saturated heterocycles. The van der Waals surface area contributed by atoms with Gasteiger partial charge in [0, 0.05) is 17.2 Å². The molecule has 1 aliphatic carbocycles. The second-order valence-corrected chi connectivity index (χ2v) is 8.52. The van der Waals surface area contributed by atoms with E-state index < -0.39 is 35.6 Å². The Morgan fingerprint density at radius 1 is 0.647 bits per heavy atom. The van der Waals surface area contributed by atoms with Crippen molar-refractivity contribution in [2.24, 2.45) is 11.8 Å². The number of aromatic hydroxyl groups is 2. The lowest BCUT2D eigenvalue weighted by molar-refractivity contribution is -0.158. The molecule has 1 saturated carbocycles. The summed E-state index contributed by atoms with van der Waals surface area (Å²) in [6.45, 7) is 0. The van der Waals surface area contributed by atoms with E-state index in [0.717, 1.165) is 10.8 Å². The molecule has 6 heteroatoms. The van der Waals surface area contributed by atoms with Crippen LogP contribution >= 0.6 is 0 Å². The molecule has 0 amide bonds. The normalized spacial score (nSPS) is 21.5. The number of carboxylic acid groups (broad SMARTS) is 1. The van der Waals surface area contributed by atoms with Crippen molar-refractivity contribution >= 4 is 22.7 Å². The van der Waals surface area contributed by atoms with Crippen LogP contribution < -0.4 is 4.74 Å². The van der Waals surface area contributed by atoms with Gasteiger partial charge in [0.2, 0.25) is 0 Å². The molecule has 5 rings (SSSR count). The number of hydrogen-bond donors (Lipinski definition) is 3. The van der Waals surface area contributed by atoms with Crippen LogP contribution in [0.15, 0.2) is 91.0 Å². The predicted octanol–water partition coefficient (Wildman–Crippen LogP) is 5.05. The lowest BCUT2D eigenvalue weighted by atomic mass is 9.52. The number of aliphatic carboxylic acids is 1. The van der Waals surface area contributed by atoms with Crippen LogP contribution in [0.3, 0.4) is 0 Å². The molecule has 0 heterocycles. The van der Waals surface area contributed by atoms with Crippen LogP contribution in [0.5, 0.6) is 17.2 Å². The molecule has 0 radical (unpaired) electrons. The van der Waals surface area contributed by atoms with Crippen molar-refractivity contribution in [3.8, 4) is 17.2 Å². The topological polar surface area (TPSA) is 104 Å². The van der Waals surface area contributed by atoms with Crippen molar-refractivity contribution in [1.29, 1.82) is 0 Å². The van der Waals surface area contributed by atoms with Gasteiger partial charge in [-0.25, -0.2) is 0 Å². The highest BCUT2D eigenvalue weighted by Gasteiger charge is 2.59. The number of carboxylic acids is 1. The average Bonchev–Trinajstić information content (AvgIpc) is 2.81. The van der Waals surface area contributed by atoms with E-state index in [1.807, 2.05) is 30.3 Å². The van der Waals surface area contributed by atoms with E-state index in [4.69, 9.17) is 4.74 Å². The molecule has 0 unspecified atom stereocenters. The largest absolute Gasteiger partial charge is 0.508 e. The van der Waals surface area contributed by atoms with Crippen molar-refractivity contribution in [3.63, 3.8) is 0 Å². The Bertz CT molecular complexity index is 1300. The van der Waals surface area contributed by atoms with E-state index in [9.17, 15) is 24.9 Å². The van der Waals surface area contributed by atoms with Gasteiger partial charge in [0.05, 0.1) is 11.8 Å². The number of phenolic OH excluding ortho intramolecular Hbond substituents is 2. The predicted molar refractivity (Wildman–Crippen MR) is 126 cm³/mol. The standard InChI is InChI=1S/C28H22O6/c29-19-12-8-17(9-13-19)23-25(27(31)32)24(18-10-14-20(30)15-11-18)26(23)28(33)34-22-7-3-5-16-4-1-2-6-21(16)22/h1-15,23-26,29-30H,(H,31,32)/t23-,24-,25-,26-/m1/s1. The summed E-state index contributed by atoms with van der Waals surface area (Å²) in [5, 5.41) is 31.2. The highest BCUT2D eigenvalue weighted by atomic mass is 16.5. The van der Waals surface area contributed by atoms with Crippen LogP contribution in [-0.2, 0) is 9.59 Å². The molecule has 3 N–H and O–H groups in total. The third kappa shape index (κ3) is 3.73. The first-order chi connectivity index (χ1) is 16.4. The van der Waals surface area contributed by atoms with Gasteiger partial charge in [0.15, 0.2) is 0 Å². The van der Waals surface area contributed by atoms with Crippen LogP contribution in [0.4, 0.5) is 0 Å². The Morgan fingerprint density at radius 3 is 1.74 bits per heavy atom. The summed E-state index contributed by atoms with van der Waals surface area (Å²) in [5.41, 5.74) is 1.28. The summed E-state index contributed by atoms with van der Waals surface area (Å²) in [6.07, 6.45) is 0. The molecule has 0 aromatic heterocycles. The van der Waals surface area contributed by atoms with Gasteiger partial charge in [0.25, 0.3) is 0 Å². The van der Waals surface area contributed by atoms with Gasteiger partial charge in [0.1, 0.15) is 17.2 Å². The van der Waals surface area contributed by atoms with Crippen LogP contribution in [0.2, 0.25) is 0 Å². The van der Waals surface area contributed by atoms with Crippen molar-refractivity contribution < 1.29 is 29.6 Å². The fraction of sp³-hybridized carbons (Fsp3) is 0.143. The molecule has 2 atom stereocenters. The summed E-state index contributed by atoms with van der Waals surface area (Å²) in [6, 6.07) is 25.5. The number of carbonyl (C=O) groups excluding carboxylic acids is 1. The van der Waals surface area contributed by atoms with E-state index in [0.29, 0.717) is 16.9 Å². The van der Waals surface area contributed by atoms with Crippen molar-refractivity contribution in [2.75, 3.05) is 0 Å². The van der Waals surface area contributed by atoms with Crippen molar-refractivity contribution in [1.82, 2.24) is 0 Å². The Labute approximate surface area is 195 Å². The number of esters is 1. The van der Waals surface area contributed by atoms with Gasteiger partial charge < -0.3 is 20.1 Å². The van der Waals surface area contributed by atoms with E-state index in [1.54, 1.807) is 36.4 Å². The highest BCUT2D eigenvalue weighted by Crippen LogP contribution is 2.58. The van der Waals surface area contributed by atoms with Crippen LogP contribution in [0, 0.1) is 11.8 Å². The van der Waals surface area contributed by atoms with Gasteiger partial charge >= 0.3 is 11.9 Å². The fourth-order valence-electron chi connectivity index (χ4n) is 5.03. The Morgan fingerprint density at radius 2 is 1.18 bits per heavy atom. The molecule has 0 aliphatic heterocycles. The zero-order chi connectivity index (χ0) is 23.8. The van der Waals surface area contributed by atoms with Crippen LogP contribution in [0.25, 0.3) is 10.8 Å². The Kier molecular flexibility index (Phi) is 5.42. The fourth-order valence-corrected chi connectivity index (χ4v) is 5.03. The summed E-state index contributed by atoms with van der Waals surface area (Å²) in [7, 11) is 0. The first-order valence-corrected chi connectivity index (χ1v) is 10.9. The molecule has 34 heavy (non-hydrogen) atoms. The monoisotopic (exact) mass is 454 g/mol. The SMILES string of the molecule is O=C(O)[C@H]1[C@@H](c2ccc(O)cc2)[C@H](C(=O)Oc2cccc3ccccc23)[C@@H]1c1ccc(O)cc1. The minimum atomic E-state index is -1.02. The molecule has 4 aromatic rings. The molecule has 1 fully saturated rings. The third-order valence-corrected chi connectivity index (χ3v) is 6.62. The second kappa shape index (κ2) is 8.56. The minimum Gasteiger partial charge on any atom is -0.508 e. The number of rotatable bonds is 5. The smallest absolute Gasteiger partial charge is 0.315 e. The van der Waals surface area contributed by atoms with Gasteiger partial charge in [-0.05, 0) is 46.8 Å². The van der Waals surface area contributed by atoms with Crippen LogP contribution in [-0.4, -0.2) is 27.3 Å². The maximum absolute atomic E-state index is 13.6. The first kappa shape index (κ1) is 21.5. The summed E-state index contributed by atoms with van der Waals surface area (Å²) >= 11 is 0. The number of carbonyl (C=O) groups is 2. The zero-order valence-corrected chi connectivity index (χ0v) is 18.0. The van der Waals surface area contributed by atoms with Gasteiger partial charge in [-0.3, -0.25) is 9.59 Å². The molecule has 0 spiro atoms. The lowest BCUT2D eigenvalue weighted by Crippen LogP contribution is -2.52. The summed E-state index contributed by atoms with van der Waals surface area (Å²) in [5.74, 6) is -3.95. The first-order valence-electron chi connectivity index (χ1n) is 10.9. The number of hydrogen-bond acceptors (Lipinski definition) is 5. The Hall–Kier alpha value is -4.32. The number of fused-ring (bicyclic) bond motifs is 1. The van der Waals surface area contributed by atoms with Gasteiger partial charge in [-0.15, -0.1) is 0 Å². The van der Waals surface area contributed by atoms with Crippen LogP contribution in [0.1, 0.15) is 23.0 Å². The quantitative estimate of drug-likeness (QED) is 0.288. The number of phenols is 2. The zero-order valence-electron chi connectivity index (χ0n) is 18.0. The highest BCUT2D eigenvalue weighted by molar-refractivity contribution is 5.92.